The summed E-state index contributed by atoms with van der Waals surface area (Å²) in [5.74, 6) is -5.11. The molecule has 0 aliphatic rings. The highest BCUT2D eigenvalue weighted by atomic mass is 19.3. The standard InChI is InChI=1S/C18H23F2N5O2/c1-6-27-14-9-21-15(22-11(4)26)8-13(14)23-16-7-12(10(2)3)24-17(25-16)18(5,19)20/h7-10H,6H2,1-5H3,(H2,21,22,23,24,25,26)/i1D3,6D2. The molecule has 2 heterocycles. The molecule has 2 N–H and O–H groups in total. The first-order valence-corrected chi connectivity index (χ1v) is 8.00. The monoisotopic (exact) mass is 384 g/mol. The number of rotatable bonds is 7. The van der Waals surface area contributed by atoms with E-state index < -0.39 is 31.1 Å². The van der Waals surface area contributed by atoms with Gasteiger partial charge in [-0.05, 0) is 12.8 Å². The zero-order valence-electron chi connectivity index (χ0n) is 20.2. The maximum atomic E-state index is 13.9. The van der Waals surface area contributed by atoms with Crippen LogP contribution < -0.4 is 15.4 Å². The lowest BCUT2D eigenvalue weighted by molar-refractivity contribution is -0.114. The van der Waals surface area contributed by atoms with Crippen LogP contribution in [0.2, 0.25) is 0 Å². The average molecular weight is 384 g/mol. The summed E-state index contributed by atoms with van der Waals surface area (Å²) in [6.07, 6.45) is 0.997. The van der Waals surface area contributed by atoms with Crippen molar-refractivity contribution in [3.63, 3.8) is 0 Å². The molecular formula is C18H23F2N5O2. The van der Waals surface area contributed by atoms with Crippen LogP contribution in [0.4, 0.5) is 26.1 Å². The Labute approximate surface area is 163 Å². The fraction of sp³-hybridized carbons (Fsp3) is 0.444. The van der Waals surface area contributed by atoms with Crippen molar-refractivity contribution in [3.05, 3.63) is 29.8 Å². The number of pyridine rings is 1. The zero-order chi connectivity index (χ0) is 24.5. The lowest BCUT2D eigenvalue weighted by Crippen LogP contribution is -2.16. The molecule has 1 amide bonds. The van der Waals surface area contributed by atoms with Gasteiger partial charge in [-0.2, -0.15) is 8.78 Å². The van der Waals surface area contributed by atoms with Crippen molar-refractivity contribution in [2.45, 2.75) is 46.4 Å². The van der Waals surface area contributed by atoms with E-state index in [0.29, 0.717) is 12.6 Å². The quantitative estimate of drug-likeness (QED) is 0.743. The lowest BCUT2D eigenvalue weighted by atomic mass is 10.1. The van der Waals surface area contributed by atoms with E-state index in [2.05, 4.69) is 25.6 Å². The normalized spacial score (nSPS) is 15.1. The van der Waals surface area contributed by atoms with Crippen molar-refractivity contribution >= 4 is 23.2 Å². The second kappa shape index (κ2) is 8.24. The number of amides is 1. The predicted octanol–water partition coefficient (Wildman–Crippen LogP) is 4.21. The van der Waals surface area contributed by atoms with Gasteiger partial charge >= 0.3 is 5.92 Å². The predicted molar refractivity (Wildman–Crippen MR) is 98.7 cm³/mol. The summed E-state index contributed by atoms with van der Waals surface area (Å²) in [5.41, 5.74) is 0.256. The van der Waals surface area contributed by atoms with Crippen molar-refractivity contribution in [2.24, 2.45) is 0 Å². The van der Waals surface area contributed by atoms with Crippen LogP contribution in [0.15, 0.2) is 18.3 Å². The largest absolute Gasteiger partial charge is 0.490 e. The van der Waals surface area contributed by atoms with E-state index in [4.69, 9.17) is 11.6 Å². The number of nitrogens with zero attached hydrogens (tertiary/aromatic N) is 3. The van der Waals surface area contributed by atoms with Gasteiger partial charge in [0.2, 0.25) is 11.7 Å². The van der Waals surface area contributed by atoms with Crippen molar-refractivity contribution in [2.75, 3.05) is 17.2 Å². The summed E-state index contributed by atoms with van der Waals surface area (Å²) in [7, 11) is 0. The van der Waals surface area contributed by atoms with Gasteiger partial charge in [0.1, 0.15) is 11.6 Å². The highest BCUT2D eigenvalue weighted by molar-refractivity contribution is 5.88. The molecule has 7 nitrogen and oxygen atoms in total. The number of nitrogens with one attached hydrogen (secondary N) is 2. The first-order chi connectivity index (χ1) is 14.5. The molecule has 2 aromatic heterocycles. The van der Waals surface area contributed by atoms with Crippen LogP contribution in [0, 0.1) is 0 Å². The molecular weight excluding hydrogens is 356 g/mol. The molecule has 9 heteroatoms. The Balaban J connectivity index is 2.57. The Morgan fingerprint density at radius 2 is 2.11 bits per heavy atom. The van der Waals surface area contributed by atoms with Crippen LogP contribution in [0.25, 0.3) is 0 Å². The molecule has 0 radical (unpaired) electrons. The molecule has 2 aromatic rings. The number of aromatic nitrogens is 3. The van der Waals surface area contributed by atoms with Crippen LogP contribution in [-0.4, -0.2) is 27.4 Å². The Morgan fingerprint density at radius 1 is 1.37 bits per heavy atom. The maximum absolute atomic E-state index is 13.9. The summed E-state index contributed by atoms with van der Waals surface area (Å²) in [5, 5.41) is 5.13. The molecule has 0 saturated heterocycles. The van der Waals surface area contributed by atoms with E-state index in [9.17, 15) is 13.6 Å². The van der Waals surface area contributed by atoms with Gasteiger partial charge in [-0.1, -0.05) is 13.8 Å². The lowest BCUT2D eigenvalue weighted by Gasteiger charge is -2.17. The summed E-state index contributed by atoms with van der Waals surface area (Å²) in [6, 6.07) is 2.65. The Kier molecular flexibility index (Phi) is 4.35. The highest BCUT2D eigenvalue weighted by Gasteiger charge is 2.29. The van der Waals surface area contributed by atoms with E-state index in [1.807, 2.05) is 0 Å². The van der Waals surface area contributed by atoms with E-state index in [0.717, 1.165) is 6.20 Å². The second-order valence-corrected chi connectivity index (χ2v) is 6.12. The molecule has 0 unspecified atom stereocenters. The maximum Gasteiger partial charge on any atom is 0.303 e. The number of hydrogen-bond acceptors (Lipinski definition) is 6. The topological polar surface area (TPSA) is 89.0 Å². The van der Waals surface area contributed by atoms with Gasteiger partial charge in [-0.25, -0.2) is 15.0 Å². The van der Waals surface area contributed by atoms with E-state index in [1.54, 1.807) is 13.8 Å². The van der Waals surface area contributed by atoms with Gasteiger partial charge in [-0.3, -0.25) is 4.79 Å². The number of halogens is 2. The van der Waals surface area contributed by atoms with Crippen LogP contribution >= 0.6 is 0 Å². The minimum atomic E-state index is -3.33. The van der Waals surface area contributed by atoms with Crippen LogP contribution in [0.5, 0.6) is 5.75 Å². The summed E-state index contributed by atoms with van der Waals surface area (Å²) < 4.78 is 70.2. The Hall–Kier alpha value is -2.84. The number of anilines is 3. The molecule has 0 bridgehead atoms. The van der Waals surface area contributed by atoms with Gasteiger partial charge < -0.3 is 15.4 Å². The molecule has 2 rings (SSSR count). The number of ether oxygens (including phenoxy) is 1. The van der Waals surface area contributed by atoms with E-state index in [1.165, 1.54) is 19.1 Å². The number of alkyl halides is 2. The minimum absolute atomic E-state index is 0.0287. The Morgan fingerprint density at radius 3 is 2.70 bits per heavy atom. The molecule has 0 aromatic carbocycles. The fourth-order valence-corrected chi connectivity index (χ4v) is 2.09. The van der Waals surface area contributed by atoms with Crippen LogP contribution in [0.3, 0.4) is 0 Å². The number of hydrogen-bond donors (Lipinski definition) is 2. The molecule has 0 aliphatic carbocycles. The number of carbonyl (C=O) groups excluding carboxylic acids is 1. The van der Waals surface area contributed by atoms with Crippen molar-refractivity contribution in [1.29, 1.82) is 0 Å². The van der Waals surface area contributed by atoms with Crippen molar-refractivity contribution < 1.29 is 25.2 Å². The third-order valence-corrected chi connectivity index (χ3v) is 3.33. The molecule has 27 heavy (non-hydrogen) atoms. The fourth-order valence-electron chi connectivity index (χ4n) is 2.09. The summed E-state index contributed by atoms with van der Waals surface area (Å²) in [6.45, 7) is -0.818. The first-order valence-electron chi connectivity index (χ1n) is 10.5. The molecule has 146 valence electrons. The number of carbonyl (C=O) groups is 1. The zero-order valence-corrected chi connectivity index (χ0v) is 15.2. The first kappa shape index (κ1) is 14.2. The smallest absolute Gasteiger partial charge is 0.303 e. The minimum Gasteiger partial charge on any atom is -0.490 e. The van der Waals surface area contributed by atoms with Crippen LogP contribution in [0.1, 0.15) is 58.8 Å². The second-order valence-electron chi connectivity index (χ2n) is 6.12. The third kappa shape index (κ3) is 5.57. The van der Waals surface area contributed by atoms with Crippen LogP contribution in [-0.2, 0) is 10.7 Å². The van der Waals surface area contributed by atoms with Crippen molar-refractivity contribution in [1.82, 2.24) is 15.0 Å². The van der Waals surface area contributed by atoms with Gasteiger partial charge in [0.05, 0.1) is 21.2 Å². The van der Waals surface area contributed by atoms with E-state index in [-0.39, 0.29) is 29.0 Å². The molecule has 0 spiro atoms. The molecule has 0 fully saturated rings. The van der Waals surface area contributed by atoms with E-state index >= 15 is 0 Å². The highest BCUT2D eigenvalue weighted by Crippen LogP contribution is 2.31. The molecule has 0 saturated carbocycles. The van der Waals surface area contributed by atoms with Gasteiger partial charge in [-0.15, -0.1) is 0 Å². The summed E-state index contributed by atoms with van der Waals surface area (Å²) in [4.78, 5) is 23.0. The average Bonchev–Trinajstić information content (AvgIpc) is 2.61. The Bertz CT molecular complexity index is 997. The van der Waals surface area contributed by atoms with Crippen molar-refractivity contribution in [3.8, 4) is 5.75 Å². The molecule has 0 atom stereocenters. The van der Waals surface area contributed by atoms with Gasteiger partial charge in [0.15, 0.2) is 5.75 Å². The summed E-state index contributed by atoms with van der Waals surface area (Å²) >= 11 is 0. The van der Waals surface area contributed by atoms with Gasteiger partial charge in [0.25, 0.3) is 0 Å². The van der Waals surface area contributed by atoms with Gasteiger partial charge in [0, 0.05) is 35.8 Å². The third-order valence-electron chi connectivity index (χ3n) is 3.33. The molecule has 0 aliphatic heterocycles. The SMILES string of the molecule is [2H]C([2H])([2H])C([2H])([2H])Oc1cnc(NC(C)=O)cc1Nc1cc(C(C)C)nc(C(C)(F)F)n1.